The standard InChI is InChI=1S/C17H25N3O/c1-3-20(4-2)17(21)15-11-12-16(19-14-15)10-8-6-5-7-9-13-18/h11-12,14H,3-10H2,1-2H3. The van der Waals surface area contributed by atoms with Gasteiger partial charge in [0.15, 0.2) is 0 Å². The van der Waals surface area contributed by atoms with Crippen molar-refractivity contribution in [3.8, 4) is 6.07 Å². The van der Waals surface area contributed by atoms with Crippen LogP contribution in [0, 0.1) is 11.3 Å². The summed E-state index contributed by atoms with van der Waals surface area (Å²) in [6.45, 7) is 5.41. The Morgan fingerprint density at radius 2 is 1.90 bits per heavy atom. The Bertz CT molecular complexity index is 458. The third kappa shape index (κ3) is 5.95. The van der Waals surface area contributed by atoms with Crippen molar-refractivity contribution in [3.05, 3.63) is 29.6 Å². The Balaban J connectivity index is 2.40. The molecule has 1 amide bonds. The molecule has 1 heterocycles. The van der Waals surface area contributed by atoms with E-state index in [1.54, 1.807) is 11.1 Å². The minimum absolute atomic E-state index is 0.0514. The van der Waals surface area contributed by atoms with Crippen LogP contribution in [0.15, 0.2) is 18.3 Å². The van der Waals surface area contributed by atoms with Gasteiger partial charge in [-0.3, -0.25) is 9.78 Å². The summed E-state index contributed by atoms with van der Waals surface area (Å²) in [7, 11) is 0. The van der Waals surface area contributed by atoms with Crippen LogP contribution in [0.25, 0.3) is 0 Å². The lowest BCUT2D eigenvalue weighted by molar-refractivity contribution is 0.0772. The molecule has 0 N–H and O–H groups in total. The van der Waals surface area contributed by atoms with Crippen molar-refractivity contribution in [1.29, 1.82) is 5.26 Å². The summed E-state index contributed by atoms with van der Waals surface area (Å²) >= 11 is 0. The van der Waals surface area contributed by atoms with Crippen molar-refractivity contribution >= 4 is 5.91 Å². The maximum absolute atomic E-state index is 12.1. The molecule has 4 nitrogen and oxygen atoms in total. The average Bonchev–Trinajstić information content (AvgIpc) is 2.52. The summed E-state index contributed by atoms with van der Waals surface area (Å²) in [5.41, 5.74) is 1.70. The molecule has 4 heteroatoms. The largest absolute Gasteiger partial charge is 0.339 e. The SMILES string of the molecule is CCN(CC)C(=O)c1ccc(CCCCCCC#N)nc1. The van der Waals surface area contributed by atoms with E-state index in [0.29, 0.717) is 12.0 Å². The molecule has 1 aromatic heterocycles. The molecule has 114 valence electrons. The number of unbranched alkanes of at least 4 members (excludes halogenated alkanes) is 4. The maximum Gasteiger partial charge on any atom is 0.255 e. The second kappa shape index (κ2) is 9.93. The first-order chi connectivity index (χ1) is 10.2. The zero-order chi connectivity index (χ0) is 15.5. The highest BCUT2D eigenvalue weighted by Gasteiger charge is 2.12. The van der Waals surface area contributed by atoms with Crippen LogP contribution in [0.1, 0.15) is 62.0 Å². The van der Waals surface area contributed by atoms with E-state index in [9.17, 15) is 4.79 Å². The summed E-state index contributed by atoms with van der Waals surface area (Å²) in [4.78, 5) is 18.3. The molecule has 0 fully saturated rings. The van der Waals surface area contributed by atoms with Crippen LogP contribution in [0.2, 0.25) is 0 Å². The van der Waals surface area contributed by atoms with Gasteiger partial charge in [-0.2, -0.15) is 5.26 Å². The van der Waals surface area contributed by atoms with Gasteiger partial charge < -0.3 is 4.90 Å². The summed E-state index contributed by atoms with van der Waals surface area (Å²) in [5, 5.41) is 8.46. The second-order valence-corrected chi connectivity index (χ2v) is 5.09. The number of aryl methyl sites for hydroxylation is 1. The number of aromatic nitrogens is 1. The van der Waals surface area contributed by atoms with Crippen molar-refractivity contribution in [2.45, 2.75) is 52.4 Å². The topological polar surface area (TPSA) is 57.0 Å². The first kappa shape index (κ1) is 17.2. The number of nitrogens with zero attached hydrogens (tertiary/aromatic N) is 3. The smallest absolute Gasteiger partial charge is 0.255 e. The first-order valence-electron chi connectivity index (χ1n) is 7.84. The van der Waals surface area contributed by atoms with Crippen LogP contribution in [0.5, 0.6) is 0 Å². The zero-order valence-corrected chi connectivity index (χ0v) is 13.1. The highest BCUT2D eigenvalue weighted by molar-refractivity contribution is 5.93. The van der Waals surface area contributed by atoms with Crippen molar-refractivity contribution in [2.24, 2.45) is 0 Å². The molecule has 0 aliphatic carbocycles. The van der Waals surface area contributed by atoms with Crippen LogP contribution in [-0.2, 0) is 6.42 Å². The van der Waals surface area contributed by atoms with E-state index in [2.05, 4.69) is 11.1 Å². The molecule has 0 radical (unpaired) electrons. The van der Waals surface area contributed by atoms with Gasteiger partial charge in [-0.05, 0) is 45.2 Å². The van der Waals surface area contributed by atoms with E-state index in [-0.39, 0.29) is 5.91 Å². The quantitative estimate of drug-likeness (QED) is 0.652. The molecule has 1 aromatic rings. The molecule has 0 saturated carbocycles. The van der Waals surface area contributed by atoms with E-state index < -0.39 is 0 Å². The molecule has 21 heavy (non-hydrogen) atoms. The summed E-state index contributed by atoms with van der Waals surface area (Å²) in [6, 6.07) is 5.99. The number of carbonyl (C=O) groups is 1. The van der Waals surface area contributed by atoms with Crippen LogP contribution in [-0.4, -0.2) is 28.9 Å². The van der Waals surface area contributed by atoms with E-state index in [1.165, 1.54) is 0 Å². The molecule has 0 aliphatic rings. The normalized spacial score (nSPS) is 10.1. The fraction of sp³-hybridized carbons (Fsp3) is 0.588. The van der Waals surface area contributed by atoms with Crippen molar-refractivity contribution in [3.63, 3.8) is 0 Å². The minimum Gasteiger partial charge on any atom is -0.339 e. The molecule has 0 aliphatic heterocycles. The molecule has 0 bridgehead atoms. The number of pyridine rings is 1. The lowest BCUT2D eigenvalue weighted by Crippen LogP contribution is -2.30. The van der Waals surface area contributed by atoms with Crippen LogP contribution >= 0.6 is 0 Å². The minimum atomic E-state index is 0.0514. The highest BCUT2D eigenvalue weighted by Crippen LogP contribution is 2.09. The zero-order valence-electron chi connectivity index (χ0n) is 13.1. The molecule has 0 atom stereocenters. The van der Waals surface area contributed by atoms with E-state index in [0.717, 1.165) is 50.9 Å². The molecule has 0 unspecified atom stereocenters. The number of amides is 1. The van der Waals surface area contributed by atoms with Crippen LogP contribution < -0.4 is 0 Å². The van der Waals surface area contributed by atoms with Gasteiger partial charge in [0.1, 0.15) is 0 Å². The van der Waals surface area contributed by atoms with Gasteiger partial charge in [0, 0.05) is 31.4 Å². The Labute approximate surface area is 127 Å². The van der Waals surface area contributed by atoms with Gasteiger partial charge in [0.25, 0.3) is 5.91 Å². The molecular formula is C17H25N3O. The average molecular weight is 287 g/mol. The third-order valence-corrected chi connectivity index (χ3v) is 3.59. The van der Waals surface area contributed by atoms with E-state index >= 15 is 0 Å². The second-order valence-electron chi connectivity index (χ2n) is 5.09. The Morgan fingerprint density at radius 3 is 2.48 bits per heavy atom. The monoisotopic (exact) mass is 287 g/mol. The van der Waals surface area contributed by atoms with Gasteiger partial charge in [0.05, 0.1) is 11.6 Å². The van der Waals surface area contributed by atoms with E-state index in [1.807, 2.05) is 26.0 Å². The first-order valence-corrected chi connectivity index (χ1v) is 7.84. The Hall–Kier alpha value is -1.89. The van der Waals surface area contributed by atoms with Crippen LogP contribution in [0.3, 0.4) is 0 Å². The number of nitriles is 1. The fourth-order valence-electron chi connectivity index (χ4n) is 2.26. The van der Waals surface area contributed by atoms with Gasteiger partial charge in [-0.15, -0.1) is 0 Å². The van der Waals surface area contributed by atoms with E-state index in [4.69, 9.17) is 5.26 Å². The van der Waals surface area contributed by atoms with Gasteiger partial charge in [0.2, 0.25) is 0 Å². The lowest BCUT2D eigenvalue weighted by Gasteiger charge is -2.18. The fourth-order valence-corrected chi connectivity index (χ4v) is 2.26. The predicted octanol–water partition coefficient (Wildman–Crippen LogP) is 3.58. The number of carbonyl (C=O) groups excluding carboxylic acids is 1. The van der Waals surface area contributed by atoms with Crippen molar-refractivity contribution in [1.82, 2.24) is 9.88 Å². The molecule has 0 aromatic carbocycles. The summed E-state index contributed by atoms with van der Waals surface area (Å²) in [5.74, 6) is 0.0514. The summed E-state index contributed by atoms with van der Waals surface area (Å²) < 4.78 is 0. The summed E-state index contributed by atoms with van der Waals surface area (Å²) in [6.07, 6.45) is 7.58. The number of rotatable bonds is 9. The number of hydrogen-bond donors (Lipinski definition) is 0. The Kier molecular flexibility index (Phi) is 8.11. The predicted molar refractivity (Wildman–Crippen MR) is 83.9 cm³/mol. The maximum atomic E-state index is 12.1. The molecule has 0 spiro atoms. The third-order valence-electron chi connectivity index (χ3n) is 3.59. The number of hydrogen-bond acceptors (Lipinski definition) is 3. The van der Waals surface area contributed by atoms with Crippen molar-refractivity contribution < 1.29 is 4.79 Å². The van der Waals surface area contributed by atoms with Crippen LogP contribution in [0.4, 0.5) is 0 Å². The molecule has 0 saturated heterocycles. The van der Waals surface area contributed by atoms with Gasteiger partial charge in [-0.25, -0.2) is 0 Å². The van der Waals surface area contributed by atoms with Crippen molar-refractivity contribution in [2.75, 3.05) is 13.1 Å². The highest BCUT2D eigenvalue weighted by atomic mass is 16.2. The van der Waals surface area contributed by atoms with Gasteiger partial charge >= 0.3 is 0 Å². The lowest BCUT2D eigenvalue weighted by atomic mass is 10.1. The Morgan fingerprint density at radius 1 is 1.19 bits per heavy atom. The molecule has 1 rings (SSSR count). The molecular weight excluding hydrogens is 262 g/mol. The van der Waals surface area contributed by atoms with Gasteiger partial charge in [-0.1, -0.05) is 12.8 Å².